The lowest BCUT2D eigenvalue weighted by Gasteiger charge is -2.13. The van der Waals surface area contributed by atoms with Gasteiger partial charge < -0.3 is 5.11 Å². The number of sulfonamides is 1. The van der Waals surface area contributed by atoms with Crippen molar-refractivity contribution in [2.75, 3.05) is 12.3 Å². The first-order valence-electron chi connectivity index (χ1n) is 4.86. The van der Waals surface area contributed by atoms with E-state index < -0.39 is 16.1 Å². The van der Waals surface area contributed by atoms with Crippen LogP contribution in [0.25, 0.3) is 0 Å². The lowest BCUT2D eigenvalue weighted by molar-refractivity contribution is 0.182. The molecule has 90 valence electrons. The number of rotatable bonds is 5. The molecule has 0 heterocycles. The average Bonchev–Trinajstić information content (AvgIpc) is 2.27. The molecule has 6 heteroatoms. The molecule has 0 fully saturated rings. The third-order valence-corrected chi connectivity index (χ3v) is 3.85. The van der Waals surface area contributed by atoms with Gasteiger partial charge in [-0.1, -0.05) is 29.8 Å². The van der Waals surface area contributed by atoms with Crippen molar-refractivity contribution in [3.8, 4) is 0 Å². The van der Waals surface area contributed by atoms with Crippen LogP contribution in [0.1, 0.15) is 18.6 Å². The highest BCUT2D eigenvalue weighted by Crippen LogP contribution is 2.21. The quantitative estimate of drug-likeness (QED) is 0.842. The molecule has 4 nitrogen and oxygen atoms in total. The molecular weight excluding hydrogens is 250 g/mol. The van der Waals surface area contributed by atoms with Gasteiger partial charge in [-0.2, -0.15) is 0 Å². The maximum atomic E-state index is 11.2. The summed E-state index contributed by atoms with van der Waals surface area (Å²) in [6.07, 6.45) is -0.935. The second-order valence-electron chi connectivity index (χ2n) is 3.29. The van der Waals surface area contributed by atoms with E-state index in [2.05, 4.69) is 4.72 Å². The van der Waals surface area contributed by atoms with Crippen LogP contribution >= 0.6 is 11.6 Å². The Balaban J connectivity index is 2.67. The predicted molar refractivity (Wildman–Crippen MR) is 63.9 cm³/mol. The normalized spacial score (nSPS) is 13.7. The Morgan fingerprint density at radius 1 is 1.44 bits per heavy atom. The first-order chi connectivity index (χ1) is 7.46. The molecule has 0 saturated carbocycles. The Morgan fingerprint density at radius 2 is 2.06 bits per heavy atom. The molecule has 0 aliphatic heterocycles. The minimum absolute atomic E-state index is 0.0117. The average molecular weight is 264 g/mol. The number of hydrogen-bond acceptors (Lipinski definition) is 3. The van der Waals surface area contributed by atoms with E-state index in [1.807, 2.05) is 0 Å². The molecule has 0 radical (unpaired) electrons. The second kappa shape index (κ2) is 5.63. The van der Waals surface area contributed by atoms with Crippen molar-refractivity contribution in [2.24, 2.45) is 0 Å². The molecule has 0 amide bonds. The van der Waals surface area contributed by atoms with Crippen LogP contribution in [-0.4, -0.2) is 25.8 Å². The molecule has 0 spiro atoms. The van der Waals surface area contributed by atoms with Gasteiger partial charge in [-0.25, -0.2) is 13.1 Å². The van der Waals surface area contributed by atoms with Crippen molar-refractivity contribution in [2.45, 2.75) is 13.0 Å². The smallest absolute Gasteiger partial charge is 0.211 e. The van der Waals surface area contributed by atoms with E-state index >= 15 is 0 Å². The Labute approximate surface area is 100 Å². The summed E-state index contributed by atoms with van der Waals surface area (Å²) in [5.74, 6) is -0.0117. The number of nitrogens with one attached hydrogen (secondary N) is 1. The monoisotopic (exact) mass is 263 g/mol. The topological polar surface area (TPSA) is 66.4 Å². The maximum absolute atomic E-state index is 11.2. The van der Waals surface area contributed by atoms with E-state index in [-0.39, 0.29) is 12.3 Å². The van der Waals surface area contributed by atoms with E-state index in [0.717, 1.165) is 0 Å². The van der Waals surface area contributed by atoms with Crippen LogP contribution in [0.2, 0.25) is 5.02 Å². The van der Waals surface area contributed by atoms with Crippen LogP contribution in [0.3, 0.4) is 0 Å². The molecule has 0 aliphatic carbocycles. The zero-order valence-corrected chi connectivity index (χ0v) is 10.4. The van der Waals surface area contributed by atoms with Gasteiger partial charge in [0.15, 0.2) is 0 Å². The molecule has 0 bridgehead atoms. The van der Waals surface area contributed by atoms with Crippen molar-refractivity contribution in [1.82, 2.24) is 4.72 Å². The van der Waals surface area contributed by atoms with Gasteiger partial charge in [-0.3, -0.25) is 0 Å². The number of halogens is 1. The molecule has 0 aliphatic rings. The third kappa shape index (κ3) is 3.75. The molecule has 2 N–H and O–H groups in total. The van der Waals surface area contributed by atoms with E-state index in [0.29, 0.717) is 10.6 Å². The molecule has 1 aromatic carbocycles. The van der Waals surface area contributed by atoms with Gasteiger partial charge in [-0.05, 0) is 13.0 Å². The summed E-state index contributed by atoms with van der Waals surface area (Å²) in [6.45, 7) is 1.46. The Kier molecular flexibility index (Phi) is 4.73. The third-order valence-electron chi connectivity index (χ3n) is 2.14. The predicted octanol–water partition coefficient (Wildman–Crippen LogP) is 1.31. The zero-order valence-electron chi connectivity index (χ0n) is 8.85. The summed E-state index contributed by atoms with van der Waals surface area (Å²) in [7, 11) is -3.29. The van der Waals surface area contributed by atoms with Gasteiger partial charge in [0.1, 0.15) is 0 Å². The SMILES string of the molecule is CCS(=O)(=O)NCC(O)c1ccccc1Cl. The number of hydrogen-bond donors (Lipinski definition) is 2. The lowest BCUT2D eigenvalue weighted by Crippen LogP contribution is -2.29. The van der Waals surface area contributed by atoms with Gasteiger partial charge in [0.05, 0.1) is 11.9 Å². The van der Waals surface area contributed by atoms with Crippen LogP contribution in [0.5, 0.6) is 0 Å². The van der Waals surface area contributed by atoms with E-state index in [4.69, 9.17) is 11.6 Å². The fourth-order valence-corrected chi connectivity index (χ4v) is 2.04. The Hall–Kier alpha value is -0.620. The van der Waals surface area contributed by atoms with Crippen LogP contribution in [0, 0.1) is 0 Å². The summed E-state index contributed by atoms with van der Waals surface area (Å²) in [4.78, 5) is 0. The molecular formula is C10H14ClNO3S. The van der Waals surface area contributed by atoms with E-state index in [1.54, 1.807) is 24.3 Å². The lowest BCUT2D eigenvalue weighted by atomic mass is 10.1. The minimum atomic E-state index is -3.29. The van der Waals surface area contributed by atoms with E-state index in [9.17, 15) is 13.5 Å². The van der Waals surface area contributed by atoms with Crippen molar-refractivity contribution in [1.29, 1.82) is 0 Å². The molecule has 1 rings (SSSR count). The van der Waals surface area contributed by atoms with Gasteiger partial charge >= 0.3 is 0 Å². The summed E-state index contributed by atoms with van der Waals surface area (Å²) in [5.41, 5.74) is 0.517. The number of aliphatic hydroxyl groups is 1. The standard InChI is InChI=1S/C10H14ClNO3S/c1-2-16(14,15)12-7-10(13)8-5-3-4-6-9(8)11/h3-6,10,12-13H,2,7H2,1H3. The second-order valence-corrected chi connectivity index (χ2v) is 5.79. The summed E-state index contributed by atoms with van der Waals surface area (Å²) >= 11 is 5.87. The van der Waals surface area contributed by atoms with Crippen LogP contribution in [0.4, 0.5) is 0 Å². The molecule has 1 aromatic rings. The largest absolute Gasteiger partial charge is 0.387 e. The van der Waals surface area contributed by atoms with Crippen molar-refractivity contribution >= 4 is 21.6 Å². The summed E-state index contributed by atoms with van der Waals surface area (Å²) in [6, 6.07) is 6.79. The zero-order chi connectivity index (χ0) is 12.2. The highest BCUT2D eigenvalue weighted by Gasteiger charge is 2.14. The van der Waals surface area contributed by atoms with Gasteiger partial charge in [0, 0.05) is 17.1 Å². The fourth-order valence-electron chi connectivity index (χ4n) is 1.16. The highest BCUT2D eigenvalue weighted by atomic mass is 35.5. The van der Waals surface area contributed by atoms with Gasteiger partial charge in [-0.15, -0.1) is 0 Å². The minimum Gasteiger partial charge on any atom is -0.387 e. The summed E-state index contributed by atoms with van der Waals surface area (Å²) < 4.78 is 24.6. The van der Waals surface area contributed by atoms with Crippen LogP contribution in [-0.2, 0) is 10.0 Å². The molecule has 0 saturated heterocycles. The molecule has 0 aromatic heterocycles. The number of benzene rings is 1. The Morgan fingerprint density at radius 3 is 2.62 bits per heavy atom. The highest BCUT2D eigenvalue weighted by molar-refractivity contribution is 7.89. The van der Waals surface area contributed by atoms with E-state index in [1.165, 1.54) is 6.92 Å². The fraction of sp³-hybridized carbons (Fsp3) is 0.400. The van der Waals surface area contributed by atoms with Gasteiger partial charge in [0.2, 0.25) is 10.0 Å². The molecule has 16 heavy (non-hydrogen) atoms. The van der Waals surface area contributed by atoms with Crippen molar-refractivity contribution < 1.29 is 13.5 Å². The van der Waals surface area contributed by atoms with Gasteiger partial charge in [0.25, 0.3) is 0 Å². The summed E-state index contributed by atoms with van der Waals surface area (Å²) in [5, 5.41) is 10.2. The number of aliphatic hydroxyl groups excluding tert-OH is 1. The van der Waals surface area contributed by atoms with Crippen LogP contribution in [0.15, 0.2) is 24.3 Å². The van der Waals surface area contributed by atoms with Crippen molar-refractivity contribution in [3.63, 3.8) is 0 Å². The van der Waals surface area contributed by atoms with Crippen molar-refractivity contribution in [3.05, 3.63) is 34.9 Å². The molecule has 1 atom stereocenters. The first kappa shape index (κ1) is 13.4. The maximum Gasteiger partial charge on any atom is 0.211 e. The molecule has 1 unspecified atom stereocenters. The Bertz CT molecular complexity index is 447. The first-order valence-corrected chi connectivity index (χ1v) is 6.89. The van der Waals surface area contributed by atoms with Crippen LogP contribution < -0.4 is 4.72 Å².